The first-order chi connectivity index (χ1) is 10.2. The molecule has 1 aromatic carbocycles. The van der Waals surface area contributed by atoms with E-state index in [1.807, 2.05) is 19.4 Å². The van der Waals surface area contributed by atoms with Crippen LogP contribution in [0.1, 0.15) is 49.1 Å². The van der Waals surface area contributed by atoms with Gasteiger partial charge in [0, 0.05) is 12.4 Å². The third-order valence-electron chi connectivity index (χ3n) is 3.85. The molecule has 0 aliphatic carbocycles. The second-order valence-corrected chi connectivity index (χ2v) is 5.99. The normalized spacial score (nSPS) is 12.6. The molecule has 2 heteroatoms. The maximum absolute atomic E-state index is 4.26. The molecule has 0 spiro atoms. The van der Waals surface area contributed by atoms with Gasteiger partial charge in [-0.15, -0.1) is 0 Å². The molecule has 0 fully saturated rings. The lowest BCUT2D eigenvalue weighted by Gasteiger charge is -2.21. The Morgan fingerprint density at radius 3 is 2.67 bits per heavy atom. The van der Waals surface area contributed by atoms with Crippen molar-refractivity contribution < 1.29 is 0 Å². The van der Waals surface area contributed by atoms with Crippen LogP contribution in [0.5, 0.6) is 0 Å². The molecule has 0 radical (unpaired) electrons. The highest BCUT2D eigenvalue weighted by molar-refractivity contribution is 5.37. The Bertz CT molecular complexity index is 575. The molecule has 0 aliphatic rings. The summed E-state index contributed by atoms with van der Waals surface area (Å²) in [5, 5.41) is 3.46. The van der Waals surface area contributed by atoms with Crippen LogP contribution in [-0.4, -0.2) is 12.0 Å². The maximum atomic E-state index is 4.26. The summed E-state index contributed by atoms with van der Waals surface area (Å²) in [6.07, 6.45) is 6.00. The highest BCUT2D eigenvalue weighted by atomic mass is 14.9. The third-order valence-corrected chi connectivity index (χ3v) is 3.85. The minimum Gasteiger partial charge on any atom is -0.309 e. The van der Waals surface area contributed by atoms with Gasteiger partial charge in [-0.3, -0.25) is 4.98 Å². The smallest absolute Gasteiger partial charge is 0.0578 e. The van der Waals surface area contributed by atoms with E-state index in [2.05, 4.69) is 61.4 Å². The first-order valence-corrected chi connectivity index (χ1v) is 7.84. The first kappa shape index (κ1) is 15.7. The molecule has 0 aliphatic heterocycles. The number of nitrogens with zero attached hydrogens (tertiary/aromatic N) is 1. The zero-order valence-electron chi connectivity index (χ0n) is 13.6. The van der Waals surface area contributed by atoms with Crippen LogP contribution in [0.25, 0.3) is 0 Å². The van der Waals surface area contributed by atoms with Crippen LogP contribution in [0.15, 0.2) is 42.7 Å². The van der Waals surface area contributed by atoms with Crippen molar-refractivity contribution in [3.05, 3.63) is 65.0 Å². The summed E-state index contributed by atoms with van der Waals surface area (Å²) < 4.78 is 0. The van der Waals surface area contributed by atoms with Crippen molar-refractivity contribution in [2.45, 2.75) is 39.7 Å². The number of rotatable bonds is 6. The number of aryl methyl sites for hydroxylation is 1. The SMILES string of the molecule is CCc1cnccc1C(NC)c1cccc(CC(C)C)c1. The molecule has 1 heterocycles. The first-order valence-electron chi connectivity index (χ1n) is 7.84. The van der Waals surface area contributed by atoms with E-state index in [1.165, 1.54) is 22.3 Å². The van der Waals surface area contributed by atoms with Crippen molar-refractivity contribution in [3.8, 4) is 0 Å². The quantitative estimate of drug-likeness (QED) is 0.861. The summed E-state index contributed by atoms with van der Waals surface area (Å²) in [6, 6.07) is 11.3. The monoisotopic (exact) mass is 282 g/mol. The van der Waals surface area contributed by atoms with Gasteiger partial charge in [0.2, 0.25) is 0 Å². The van der Waals surface area contributed by atoms with E-state index in [1.54, 1.807) is 0 Å². The molecule has 0 bridgehead atoms. The Morgan fingerprint density at radius 2 is 2.00 bits per heavy atom. The van der Waals surface area contributed by atoms with E-state index in [0.717, 1.165) is 12.8 Å². The van der Waals surface area contributed by atoms with Crippen molar-refractivity contribution in [1.29, 1.82) is 0 Å². The molecule has 1 aromatic heterocycles. The van der Waals surface area contributed by atoms with Gasteiger partial charge >= 0.3 is 0 Å². The van der Waals surface area contributed by atoms with Crippen LogP contribution >= 0.6 is 0 Å². The summed E-state index contributed by atoms with van der Waals surface area (Å²) in [4.78, 5) is 4.26. The fourth-order valence-electron chi connectivity index (χ4n) is 2.89. The van der Waals surface area contributed by atoms with Crippen molar-refractivity contribution in [3.63, 3.8) is 0 Å². The van der Waals surface area contributed by atoms with Crippen molar-refractivity contribution >= 4 is 0 Å². The van der Waals surface area contributed by atoms with Gasteiger partial charge < -0.3 is 5.32 Å². The average Bonchev–Trinajstić information content (AvgIpc) is 2.48. The molecular formula is C19H26N2. The van der Waals surface area contributed by atoms with Crippen molar-refractivity contribution in [1.82, 2.24) is 10.3 Å². The Balaban J connectivity index is 2.37. The van der Waals surface area contributed by atoms with Gasteiger partial charge in [-0.1, -0.05) is 45.0 Å². The maximum Gasteiger partial charge on any atom is 0.0578 e. The number of benzene rings is 1. The predicted molar refractivity (Wildman–Crippen MR) is 89.5 cm³/mol. The molecule has 0 saturated heterocycles. The number of nitrogens with one attached hydrogen (secondary N) is 1. The molecule has 1 atom stereocenters. The molecule has 112 valence electrons. The summed E-state index contributed by atoms with van der Waals surface area (Å²) in [7, 11) is 2.03. The van der Waals surface area contributed by atoms with Gasteiger partial charge in [0.25, 0.3) is 0 Å². The molecule has 0 amide bonds. The average molecular weight is 282 g/mol. The summed E-state index contributed by atoms with van der Waals surface area (Å²) in [5.74, 6) is 0.681. The molecule has 2 aromatic rings. The highest BCUT2D eigenvalue weighted by Crippen LogP contribution is 2.26. The van der Waals surface area contributed by atoms with Gasteiger partial charge in [-0.2, -0.15) is 0 Å². The van der Waals surface area contributed by atoms with Crippen molar-refractivity contribution in [2.75, 3.05) is 7.05 Å². The second kappa shape index (κ2) is 7.37. The Hall–Kier alpha value is -1.67. The highest BCUT2D eigenvalue weighted by Gasteiger charge is 2.15. The van der Waals surface area contributed by atoms with Crippen LogP contribution in [0.2, 0.25) is 0 Å². The fourth-order valence-corrected chi connectivity index (χ4v) is 2.89. The summed E-state index contributed by atoms with van der Waals surface area (Å²) in [6.45, 7) is 6.71. The largest absolute Gasteiger partial charge is 0.309 e. The van der Waals surface area contributed by atoms with Gasteiger partial charge in [0.05, 0.1) is 6.04 Å². The lowest BCUT2D eigenvalue weighted by Crippen LogP contribution is -2.19. The zero-order valence-corrected chi connectivity index (χ0v) is 13.6. The van der Waals surface area contributed by atoms with E-state index < -0.39 is 0 Å². The minimum atomic E-state index is 0.232. The van der Waals surface area contributed by atoms with Crippen LogP contribution in [-0.2, 0) is 12.8 Å². The van der Waals surface area contributed by atoms with Crippen LogP contribution in [0.3, 0.4) is 0 Å². The molecular weight excluding hydrogens is 256 g/mol. The third kappa shape index (κ3) is 3.92. The standard InChI is InChI=1S/C19H26N2/c1-5-16-13-21-10-9-18(16)19(20-4)17-8-6-7-15(12-17)11-14(2)3/h6-10,12-14,19-20H,5,11H2,1-4H3. The molecule has 2 nitrogen and oxygen atoms in total. The Labute approximate surface area is 128 Å². The molecule has 2 rings (SSSR count). The van der Waals surface area contributed by atoms with E-state index >= 15 is 0 Å². The van der Waals surface area contributed by atoms with Gasteiger partial charge in [-0.05, 0) is 54.1 Å². The minimum absolute atomic E-state index is 0.232. The predicted octanol–water partition coefficient (Wildman–Crippen LogP) is 4.15. The van der Waals surface area contributed by atoms with E-state index in [9.17, 15) is 0 Å². The Morgan fingerprint density at radius 1 is 1.19 bits per heavy atom. The number of hydrogen-bond donors (Lipinski definition) is 1. The van der Waals surface area contributed by atoms with Gasteiger partial charge in [-0.25, -0.2) is 0 Å². The molecule has 0 saturated carbocycles. The molecule has 1 N–H and O–H groups in total. The summed E-state index contributed by atoms with van der Waals surface area (Å²) >= 11 is 0. The zero-order chi connectivity index (χ0) is 15.2. The molecule has 1 unspecified atom stereocenters. The van der Waals surface area contributed by atoms with E-state index in [4.69, 9.17) is 0 Å². The number of pyridine rings is 1. The van der Waals surface area contributed by atoms with Gasteiger partial charge in [0.15, 0.2) is 0 Å². The number of hydrogen-bond acceptors (Lipinski definition) is 2. The molecule has 21 heavy (non-hydrogen) atoms. The van der Waals surface area contributed by atoms with Crippen LogP contribution < -0.4 is 5.32 Å². The lowest BCUT2D eigenvalue weighted by atomic mass is 9.92. The number of aromatic nitrogens is 1. The summed E-state index contributed by atoms with van der Waals surface area (Å²) in [5.41, 5.74) is 5.38. The topological polar surface area (TPSA) is 24.9 Å². The van der Waals surface area contributed by atoms with Crippen LogP contribution in [0.4, 0.5) is 0 Å². The lowest BCUT2D eigenvalue weighted by molar-refractivity contribution is 0.642. The van der Waals surface area contributed by atoms with E-state index in [0.29, 0.717) is 5.92 Å². The van der Waals surface area contributed by atoms with Gasteiger partial charge in [0.1, 0.15) is 0 Å². The Kier molecular flexibility index (Phi) is 5.51. The fraction of sp³-hybridized carbons (Fsp3) is 0.421. The van der Waals surface area contributed by atoms with Crippen LogP contribution in [0, 0.1) is 5.92 Å². The van der Waals surface area contributed by atoms with Crippen molar-refractivity contribution in [2.24, 2.45) is 5.92 Å². The second-order valence-electron chi connectivity index (χ2n) is 5.99. The van der Waals surface area contributed by atoms with E-state index in [-0.39, 0.29) is 6.04 Å².